The molecular weight excluding hydrogens is 330 g/mol. The number of rotatable bonds is 10. The molecule has 0 unspecified atom stereocenters. The highest BCUT2D eigenvalue weighted by molar-refractivity contribution is 9.10. The average Bonchev–Trinajstić information content (AvgIpc) is 2.44. The first kappa shape index (κ1) is 18.5. The molecule has 0 fully saturated rings. The smallest absolute Gasteiger partial charge is 0.133 e. The predicted molar refractivity (Wildman–Crippen MR) is 92.2 cm³/mol. The van der Waals surface area contributed by atoms with E-state index >= 15 is 0 Å². The zero-order valence-electron chi connectivity index (χ0n) is 13.7. The number of aryl methyl sites for hydroxylation is 1. The summed E-state index contributed by atoms with van der Waals surface area (Å²) in [6.45, 7) is 9.98. The maximum absolute atomic E-state index is 5.54. The average molecular weight is 358 g/mol. The van der Waals surface area contributed by atoms with Gasteiger partial charge in [-0.2, -0.15) is 0 Å². The molecule has 0 spiro atoms. The monoisotopic (exact) mass is 357 g/mol. The van der Waals surface area contributed by atoms with Gasteiger partial charge in [-0.3, -0.25) is 0 Å². The van der Waals surface area contributed by atoms with Crippen LogP contribution < -0.4 is 10.1 Å². The van der Waals surface area contributed by atoms with Crippen LogP contribution in [0.3, 0.4) is 0 Å². The zero-order valence-corrected chi connectivity index (χ0v) is 15.3. The normalized spacial score (nSPS) is 11.7. The van der Waals surface area contributed by atoms with Crippen LogP contribution in [-0.2, 0) is 11.2 Å². The fraction of sp³-hybridized carbons (Fsp3) is 0.647. The lowest BCUT2D eigenvalue weighted by molar-refractivity contribution is 0.193. The van der Waals surface area contributed by atoms with Gasteiger partial charge < -0.3 is 14.8 Å². The highest BCUT2D eigenvalue weighted by Crippen LogP contribution is 2.28. The molecule has 120 valence electrons. The first-order chi connectivity index (χ1) is 9.98. The van der Waals surface area contributed by atoms with E-state index in [2.05, 4.69) is 47.2 Å². The number of nitrogens with one attached hydrogen (secondary N) is 1. The van der Waals surface area contributed by atoms with E-state index in [0.717, 1.165) is 42.8 Å². The third-order valence-electron chi connectivity index (χ3n) is 3.47. The summed E-state index contributed by atoms with van der Waals surface area (Å²) < 4.78 is 11.6. The molecule has 0 amide bonds. The summed E-state index contributed by atoms with van der Waals surface area (Å²) in [6, 6.07) is 6.37. The number of halogens is 1. The summed E-state index contributed by atoms with van der Waals surface area (Å²) in [5.41, 5.74) is 1.62. The molecule has 0 saturated heterocycles. The van der Waals surface area contributed by atoms with Crippen molar-refractivity contribution >= 4 is 15.9 Å². The van der Waals surface area contributed by atoms with E-state index in [1.807, 2.05) is 13.0 Å². The number of methoxy groups -OCH3 is 1. The van der Waals surface area contributed by atoms with E-state index in [4.69, 9.17) is 9.47 Å². The Morgan fingerprint density at radius 2 is 2.05 bits per heavy atom. The SMILES string of the molecule is CCOc1ccc(CCC(C)(C)CNCCOC)cc1Br. The summed E-state index contributed by atoms with van der Waals surface area (Å²) >= 11 is 3.58. The quantitative estimate of drug-likeness (QED) is 0.641. The van der Waals surface area contributed by atoms with Crippen molar-refractivity contribution < 1.29 is 9.47 Å². The Labute approximate surface area is 137 Å². The first-order valence-electron chi connectivity index (χ1n) is 7.59. The second-order valence-corrected chi connectivity index (χ2v) is 6.89. The van der Waals surface area contributed by atoms with E-state index in [-0.39, 0.29) is 5.41 Å². The van der Waals surface area contributed by atoms with Crippen LogP contribution in [0, 0.1) is 5.41 Å². The van der Waals surface area contributed by atoms with Crippen molar-refractivity contribution in [3.8, 4) is 5.75 Å². The van der Waals surface area contributed by atoms with Crippen LogP contribution in [0.1, 0.15) is 32.8 Å². The molecule has 0 radical (unpaired) electrons. The molecule has 1 N–H and O–H groups in total. The second kappa shape index (κ2) is 9.44. The first-order valence-corrected chi connectivity index (χ1v) is 8.38. The molecule has 0 aliphatic carbocycles. The fourth-order valence-corrected chi connectivity index (χ4v) is 2.69. The lowest BCUT2D eigenvalue weighted by Gasteiger charge is -2.25. The van der Waals surface area contributed by atoms with Crippen molar-refractivity contribution in [1.29, 1.82) is 0 Å². The largest absolute Gasteiger partial charge is 0.493 e. The van der Waals surface area contributed by atoms with Crippen molar-refractivity contribution in [1.82, 2.24) is 5.32 Å². The van der Waals surface area contributed by atoms with E-state index in [1.165, 1.54) is 5.56 Å². The fourth-order valence-electron chi connectivity index (χ4n) is 2.14. The molecule has 0 bridgehead atoms. The standard InChI is InChI=1S/C17H28BrNO2/c1-5-21-16-7-6-14(12-15(16)18)8-9-17(2,3)13-19-10-11-20-4/h6-7,12,19H,5,8-11,13H2,1-4H3. The molecule has 3 nitrogen and oxygen atoms in total. The summed E-state index contributed by atoms with van der Waals surface area (Å²) in [4.78, 5) is 0. The van der Waals surface area contributed by atoms with Gasteiger partial charge in [0.2, 0.25) is 0 Å². The number of hydrogen-bond acceptors (Lipinski definition) is 3. The summed E-state index contributed by atoms with van der Waals surface area (Å²) in [5, 5.41) is 3.45. The molecule has 1 aromatic rings. The van der Waals surface area contributed by atoms with E-state index in [1.54, 1.807) is 7.11 Å². The van der Waals surface area contributed by atoms with Gasteiger partial charge >= 0.3 is 0 Å². The van der Waals surface area contributed by atoms with Crippen LogP contribution in [0.2, 0.25) is 0 Å². The van der Waals surface area contributed by atoms with Gasteiger partial charge in [-0.25, -0.2) is 0 Å². The van der Waals surface area contributed by atoms with Crippen molar-refractivity contribution in [3.05, 3.63) is 28.2 Å². The van der Waals surface area contributed by atoms with E-state index in [0.29, 0.717) is 6.61 Å². The minimum Gasteiger partial charge on any atom is -0.493 e. The Morgan fingerprint density at radius 3 is 2.67 bits per heavy atom. The van der Waals surface area contributed by atoms with Gasteiger partial charge in [0.05, 0.1) is 17.7 Å². The van der Waals surface area contributed by atoms with Crippen molar-refractivity contribution in [2.75, 3.05) is 33.4 Å². The number of hydrogen-bond donors (Lipinski definition) is 1. The highest BCUT2D eigenvalue weighted by atomic mass is 79.9. The minimum atomic E-state index is 0.277. The summed E-state index contributed by atoms with van der Waals surface area (Å²) in [5.74, 6) is 0.918. The Bertz CT molecular complexity index is 421. The zero-order chi connectivity index (χ0) is 15.7. The Balaban J connectivity index is 2.44. The van der Waals surface area contributed by atoms with Crippen molar-refractivity contribution in [2.24, 2.45) is 5.41 Å². The number of benzene rings is 1. The van der Waals surface area contributed by atoms with Gasteiger partial charge in [-0.1, -0.05) is 19.9 Å². The molecule has 21 heavy (non-hydrogen) atoms. The van der Waals surface area contributed by atoms with Crippen molar-refractivity contribution in [3.63, 3.8) is 0 Å². The van der Waals surface area contributed by atoms with Gasteiger partial charge in [0, 0.05) is 20.2 Å². The molecule has 0 heterocycles. The minimum absolute atomic E-state index is 0.277. The van der Waals surface area contributed by atoms with Gasteiger partial charge in [-0.05, 0) is 58.8 Å². The molecule has 4 heteroatoms. The molecule has 1 rings (SSSR count). The van der Waals surface area contributed by atoms with Crippen LogP contribution in [0.5, 0.6) is 5.75 Å². The highest BCUT2D eigenvalue weighted by Gasteiger charge is 2.17. The maximum atomic E-state index is 5.54. The maximum Gasteiger partial charge on any atom is 0.133 e. The van der Waals surface area contributed by atoms with Crippen LogP contribution in [0.25, 0.3) is 0 Å². The van der Waals surface area contributed by atoms with Crippen molar-refractivity contribution in [2.45, 2.75) is 33.6 Å². The summed E-state index contributed by atoms with van der Waals surface area (Å²) in [6.07, 6.45) is 2.22. The third-order valence-corrected chi connectivity index (χ3v) is 4.09. The van der Waals surface area contributed by atoms with E-state index in [9.17, 15) is 0 Å². The van der Waals surface area contributed by atoms with Crippen LogP contribution in [0.15, 0.2) is 22.7 Å². The molecular formula is C17H28BrNO2. The number of ether oxygens (including phenoxy) is 2. The van der Waals surface area contributed by atoms with Gasteiger partial charge in [0.15, 0.2) is 0 Å². The third kappa shape index (κ3) is 7.30. The molecule has 0 aromatic heterocycles. The van der Waals surface area contributed by atoms with Crippen LogP contribution in [-0.4, -0.2) is 33.4 Å². The Morgan fingerprint density at radius 1 is 1.29 bits per heavy atom. The lowest BCUT2D eigenvalue weighted by Crippen LogP contribution is -2.31. The van der Waals surface area contributed by atoms with E-state index < -0.39 is 0 Å². The van der Waals surface area contributed by atoms with Gasteiger partial charge in [-0.15, -0.1) is 0 Å². The molecule has 0 saturated carbocycles. The lowest BCUT2D eigenvalue weighted by atomic mass is 9.86. The topological polar surface area (TPSA) is 30.5 Å². The Hall–Kier alpha value is -0.580. The van der Waals surface area contributed by atoms with Gasteiger partial charge in [0.25, 0.3) is 0 Å². The van der Waals surface area contributed by atoms with Gasteiger partial charge in [0.1, 0.15) is 5.75 Å². The molecule has 0 atom stereocenters. The molecule has 1 aromatic carbocycles. The summed E-state index contributed by atoms with van der Waals surface area (Å²) in [7, 11) is 1.73. The van der Waals surface area contributed by atoms with Crippen LogP contribution >= 0.6 is 15.9 Å². The van der Waals surface area contributed by atoms with Crippen LogP contribution in [0.4, 0.5) is 0 Å². The Kier molecular flexibility index (Phi) is 8.30. The molecule has 0 aliphatic heterocycles. The molecule has 0 aliphatic rings. The second-order valence-electron chi connectivity index (χ2n) is 6.03. The predicted octanol–water partition coefficient (Wildman–Crippen LogP) is 4.04.